The maximum absolute atomic E-state index is 12.8. The van der Waals surface area contributed by atoms with Crippen molar-refractivity contribution < 1.29 is 9.53 Å². The number of nitrogens with zero attached hydrogens (tertiary/aromatic N) is 3. The molecule has 170 valence electrons. The molecule has 0 saturated heterocycles. The maximum atomic E-state index is 12.8. The van der Waals surface area contributed by atoms with Crippen LogP contribution >= 0.6 is 34.7 Å². The summed E-state index contributed by atoms with van der Waals surface area (Å²) in [6, 6.07) is 7.65. The number of hydrogen-bond acceptors (Lipinski definition) is 7. The molecule has 5 rings (SSSR count). The van der Waals surface area contributed by atoms with Crippen LogP contribution in [0.1, 0.15) is 37.6 Å². The van der Waals surface area contributed by atoms with Gasteiger partial charge in [0.05, 0.1) is 33.4 Å². The van der Waals surface area contributed by atoms with Gasteiger partial charge >= 0.3 is 0 Å². The van der Waals surface area contributed by atoms with Crippen LogP contribution in [0.15, 0.2) is 35.6 Å². The van der Waals surface area contributed by atoms with Gasteiger partial charge in [-0.25, -0.2) is 15.0 Å². The molecular weight excluding hydrogens is 476 g/mol. The van der Waals surface area contributed by atoms with Crippen molar-refractivity contribution in [2.45, 2.75) is 56.6 Å². The number of rotatable bonds is 4. The number of amides is 1. The molecule has 0 bridgehead atoms. The third kappa shape index (κ3) is 4.45. The van der Waals surface area contributed by atoms with Crippen molar-refractivity contribution in [1.82, 2.24) is 15.0 Å². The van der Waals surface area contributed by atoms with Gasteiger partial charge in [-0.3, -0.25) is 4.79 Å². The first kappa shape index (κ1) is 22.5. The summed E-state index contributed by atoms with van der Waals surface area (Å²) < 4.78 is 6.92. The molecule has 0 radical (unpaired) electrons. The van der Waals surface area contributed by atoms with Crippen LogP contribution in [0.3, 0.4) is 0 Å². The molecule has 1 aliphatic heterocycles. The molecule has 0 saturated carbocycles. The van der Waals surface area contributed by atoms with Gasteiger partial charge in [0, 0.05) is 28.1 Å². The fraction of sp³-hybridized carbons (Fsp3) is 0.333. The van der Waals surface area contributed by atoms with E-state index in [0.29, 0.717) is 17.3 Å². The maximum Gasteiger partial charge on any atom is 0.237 e. The van der Waals surface area contributed by atoms with Crippen LogP contribution in [-0.4, -0.2) is 31.7 Å². The zero-order chi connectivity index (χ0) is 23.3. The third-order valence-corrected chi connectivity index (χ3v) is 8.42. The fourth-order valence-corrected chi connectivity index (χ4v) is 6.06. The lowest BCUT2D eigenvalue weighted by atomic mass is 9.95. The molecule has 6 nitrogen and oxygen atoms in total. The zero-order valence-electron chi connectivity index (χ0n) is 18.7. The van der Waals surface area contributed by atoms with Crippen LogP contribution in [0, 0.1) is 6.92 Å². The molecule has 33 heavy (non-hydrogen) atoms. The molecule has 4 aromatic rings. The van der Waals surface area contributed by atoms with Gasteiger partial charge in [-0.1, -0.05) is 29.4 Å². The standard InChI is InChI=1S/C24H23ClN4O2S2/c1-12-5-6-15(8-17(12)25)28-21(30)13(2)32-23-20-19(26-11-27-23)16-7-14-10-31-24(3,4)9-18(14)29-22(16)33-20/h5-8,11,13H,9-10H2,1-4H3,(H,28,30)/t13-/m1/s1. The first-order valence-electron chi connectivity index (χ1n) is 10.6. The number of aryl methyl sites for hydroxylation is 1. The number of nitrogens with one attached hydrogen (secondary N) is 1. The average molecular weight is 499 g/mol. The largest absolute Gasteiger partial charge is 0.370 e. The average Bonchev–Trinajstić information content (AvgIpc) is 3.12. The van der Waals surface area contributed by atoms with Crippen LogP contribution in [0.4, 0.5) is 5.69 Å². The number of benzene rings is 1. The van der Waals surface area contributed by atoms with Gasteiger partial charge in [0.2, 0.25) is 5.91 Å². The van der Waals surface area contributed by atoms with E-state index in [1.54, 1.807) is 23.7 Å². The molecular formula is C24H23ClN4O2S2. The summed E-state index contributed by atoms with van der Waals surface area (Å²) in [5.41, 5.74) is 4.49. The molecule has 0 spiro atoms. The molecule has 4 heterocycles. The van der Waals surface area contributed by atoms with E-state index in [0.717, 1.165) is 48.7 Å². The van der Waals surface area contributed by atoms with Crippen LogP contribution in [0.5, 0.6) is 0 Å². The summed E-state index contributed by atoms with van der Waals surface area (Å²) in [5, 5.41) is 4.99. The van der Waals surface area contributed by atoms with E-state index < -0.39 is 0 Å². The molecule has 1 amide bonds. The van der Waals surface area contributed by atoms with Crippen LogP contribution in [-0.2, 0) is 22.6 Å². The number of hydrogen-bond donors (Lipinski definition) is 1. The minimum absolute atomic E-state index is 0.110. The Kier molecular flexibility index (Phi) is 5.81. The molecule has 0 fully saturated rings. The van der Waals surface area contributed by atoms with Gasteiger partial charge in [-0.15, -0.1) is 11.3 Å². The number of aromatic nitrogens is 3. The Bertz CT molecular complexity index is 1400. The van der Waals surface area contributed by atoms with Crippen molar-refractivity contribution in [2.75, 3.05) is 5.32 Å². The molecule has 1 N–H and O–H groups in total. The van der Waals surface area contributed by atoms with E-state index >= 15 is 0 Å². The summed E-state index contributed by atoms with van der Waals surface area (Å²) in [7, 11) is 0. The SMILES string of the molecule is Cc1ccc(NC(=O)[C@@H](C)Sc2ncnc3c2sc2nc4c(cc23)COC(C)(C)C4)cc1Cl. The second-order valence-corrected chi connectivity index (χ2v) is 11.6. The summed E-state index contributed by atoms with van der Waals surface area (Å²) in [6.45, 7) is 8.52. The van der Waals surface area contributed by atoms with Gasteiger partial charge in [0.15, 0.2) is 0 Å². The summed E-state index contributed by atoms with van der Waals surface area (Å²) >= 11 is 9.18. The van der Waals surface area contributed by atoms with Crippen molar-refractivity contribution in [3.05, 3.63) is 52.4 Å². The number of pyridine rings is 1. The van der Waals surface area contributed by atoms with E-state index in [1.807, 2.05) is 26.0 Å². The molecule has 9 heteroatoms. The normalized spacial score (nSPS) is 16.0. The second-order valence-electron chi connectivity index (χ2n) is 8.84. The third-order valence-electron chi connectivity index (χ3n) is 5.69. The van der Waals surface area contributed by atoms with Crippen LogP contribution < -0.4 is 5.32 Å². The highest BCUT2D eigenvalue weighted by Gasteiger charge is 2.28. The summed E-state index contributed by atoms with van der Waals surface area (Å²) in [4.78, 5) is 27.7. The molecule has 1 aromatic carbocycles. The van der Waals surface area contributed by atoms with E-state index in [4.69, 9.17) is 21.3 Å². The van der Waals surface area contributed by atoms with Crippen LogP contribution in [0.25, 0.3) is 20.4 Å². The van der Waals surface area contributed by atoms with Crippen molar-refractivity contribution in [3.63, 3.8) is 0 Å². The van der Waals surface area contributed by atoms with Crippen LogP contribution in [0.2, 0.25) is 5.02 Å². The minimum atomic E-state index is -0.358. The Balaban J connectivity index is 1.43. The van der Waals surface area contributed by atoms with Gasteiger partial charge in [0.1, 0.15) is 16.2 Å². The number of ether oxygens (including phenoxy) is 1. The lowest BCUT2D eigenvalue weighted by Crippen LogP contribution is -2.32. The lowest BCUT2D eigenvalue weighted by molar-refractivity contribution is -0.115. The Morgan fingerprint density at radius 2 is 2.12 bits per heavy atom. The summed E-state index contributed by atoms with van der Waals surface area (Å²) in [6.07, 6.45) is 2.33. The Morgan fingerprint density at radius 1 is 1.30 bits per heavy atom. The fourth-order valence-electron chi connectivity index (χ4n) is 3.78. The van der Waals surface area contributed by atoms with E-state index in [2.05, 4.69) is 35.2 Å². The minimum Gasteiger partial charge on any atom is -0.370 e. The van der Waals surface area contributed by atoms with Gasteiger partial charge < -0.3 is 10.1 Å². The van der Waals surface area contributed by atoms with Gasteiger partial charge in [-0.05, 0) is 51.5 Å². The molecule has 3 aromatic heterocycles. The van der Waals surface area contributed by atoms with Crippen molar-refractivity contribution in [1.29, 1.82) is 0 Å². The Labute approximate surface area is 205 Å². The molecule has 1 atom stereocenters. The number of carbonyl (C=O) groups excluding carboxylic acids is 1. The summed E-state index contributed by atoms with van der Waals surface area (Å²) in [5.74, 6) is -0.110. The first-order valence-corrected chi connectivity index (χ1v) is 12.7. The predicted octanol–water partition coefficient (Wildman–Crippen LogP) is 6.17. The number of thioether (sulfide) groups is 1. The highest BCUT2D eigenvalue weighted by atomic mass is 35.5. The highest BCUT2D eigenvalue weighted by molar-refractivity contribution is 8.00. The quantitative estimate of drug-likeness (QED) is 0.268. The van der Waals surface area contributed by atoms with Crippen molar-refractivity contribution in [3.8, 4) is 0 Å². The number of carbonyl (C=O) groups is 1. The van der Waals surface area contributed by atoms with Gasteiger partial charge in [-0.2, -0.15) is 0 Å². The number of thiophene rings is 1. The predicted molar refractivity (Wildman–Crippen MR) is 135 cm³/mol. The first-order chi connectivity index (χ1) is 15.7. The van der Waals surface area contributed by atoms with E-state index in [-0.39, 0.29) is 16.8 Å². The zero-order valence-corrected chi connectivity index (χ0v) is 21.1. The monoisotopic (exact) mass is 498 g/mol. The van der Waals surface area contributed by atoms with Crippen molar-refractivity contribution >= 4 is 66.7 Å². The molecule has 1 aliphatic rings. The Hall–Kier alpha value is -2.26. The molecule has 0 unspecified atom stereocenters. The topological polar surface area (TPSA) is 77.0 Å². The van der Waals surface area contributed by atoms with E-state index in [1.165, 1.54) is 11.8 Å². The number of halogens is 1. The highest BCUT2D eigenvalue weighted by Crippen LogP contribution is 2.40. The smallest absolute Gasteiger partial charge is 0.237 e. The molecule has 0 aliphatic carbocycles. The second kappa shape index (κ2) is 8.51. The van der Waals surface area contributed by atoms with Gasteiger partial charge in [0.25, 0.3) is 0 Å². The van der Waals surface area contributed by atoms with Crippen molar-refractivity contribution in [2.24, 2.45) is 0 Å². The van der Waals surface area contributed by atoms with E-state index in [9.17, 15) is 4.79 Å². The number of fused-ring (bicyclic) bond motifs is 4. The lowest BCUT2D eigenvalue weighted by Gasteiger charge is -2.30. The number of anilines is 1. The Morgan fingerprint density at radius 3 is 2.91 bits per heavy atom.